The summed E-state index contributed by atoms with van der Waals surface area (Å²) in [6.07, 6.45) is 3.02. The second kappa shape index (κ2) is 12.1. The van der Waals surface area contributed by atoms with Crippen LogP contribution in [0.2, 0.25) is 5.02 Å². The minimum absolute atomic E-state index is 0.0186. The fraction of sp³-hybridized carbons (Fsp3) is 0.320. The van der Waals surface area contributed by atoms with Crippen LogP contribution in [0.5, 0.6) is 5.88 Å². The van der Waals surface area contributed by atoms with Crippen LogP contribution in [0.4, 0.5) is 5.69 Å². The third-order valence-corrected chi connectivity index (χ3v) is 7.76. The van der Waals surface area contributed by atoms with E-state index < -0.39 is 5.97 Å². The number of aromatic nitrogens is 2. The number of ether oxygens (including phenoxy) is 2. The topological polar surface area (TPSA) is 112 Å². The Morgan fingerprint density at radius 2 is 1.86 bits per heavy atom. The van der Waals surface area contributed by atoms with Gasteiger partial charge in [0.2, 0.25) is 5.88 Å². The minimum Gasteiger partial charge on any atom is -0.466 e. The van der Waals surface area contributed by atoms with E-state index in [1.165, 1.54) is 30.2 Å². The average Bonchev–Trinajstić information content (AvgIpc) is 3.39. The summed E-state index contributed by atoms with van der Waals surface area (Å²) < 4.78 is 10.3. The first-order valence-corrected chi connectivity index (χ1v) is 13.4. The maximum Gasteiger partial charge on any atom is 0.343 e. The molecule has 1 aliphatic rings. The van der Waals surface area contributed by atoms with Crippen molar-refractivity contribution >= 4 is 46.4 Å². The van der Waals surface area contributed by atoms with Gasteiger partial charge in [0.15, 0.2) is 6.61 Å². The summed E-state index contributed by atoms with van der Waals surface area (Å²) >= 11 is 8.86. The van der Waals surface area contributed by atoms with E-state index in [0.29, 0.717) is 27.1 Å². The van der Waals surface area contributed by atoms with Gasteiger partial charge in [-0.2, -0.15) is 10.5 Å². The predicted octanol–water partition coefficient (Wildman–Crippen LogP) is 5.44. The van der Waals surface area contributed by atoms with Gasteiger partial charge in [-0.05, 0) is 31.4 Å². The highest BCUT2D eigenvalue weighted by atomic mass is 35.5. The summed E-state index contributed by atoms with van der Waals surface area (Å²) in [6, 6.07) is 11.9. The predicted molar refractivity (Wildman–Crippen MR) is 139 cm³/mol. The molecular formula is C25H22ClN5O3S2. The van der Waals surface area contributed by atoms with Crippen LogP contribution < -0.4 is 9.64 Å². The molecule has 1 aromatic carbocycles. The minimum atomic E-state index is -0.587. The van der Waals surface area contributed by atoms with Gasteiger partial charge in [-0.1, -0.05) is 35.5 Å². The zero-order chi connectivity index (χ0) is 25.5. The molecule has 0 bridgehead atoms. The molecule has 1 saturated heterocycles. The Labute approximate surface area is 222 Å². The number of methoxy groups -OCH3 is 1. The van der Waals surface area contributed by atoms with Crippen LogP contribution in [0.1, 0.15) is 36.1 Å². The first-order valence-electron chi connectivity index (χ1n) is 11.2. The van der Waals surface area contributed by atoms with Gasteiger partial charge in [0.05, 0.1) is 18.5 Å². The number of nitrogens with zero attached hydrogens (tertiary/aromatic N) is 5. The van der Waals surface area contributed by atoms with Gasteiger partial charge in [0.25, 0.3) is 0 Å². The summed E-state index contributed by atoms with van der Waals surface area (Å²) in [5, 5.41) is 24.0. The van der Waals surface area contributed by atoms with E-state index in [-0.39, 0.29) is 18.1 Å². The van der Waals surface area contributed by atoms with Crippen LogP contribution in [0, 0.1) is 22.7 Å². The summed E-state index contributed by atoms with van der Waals surface area (Å²) in [4.78, 5) is 22.9. The molecule has 11 heteroatoms. The maximum absolute atomic E-state index is 11.7. The van der Waals surface area contributed by atoms with Crippen molar-refractivity contribution in [3.05, 3.63) is 51.5 Å². The number of thioether (sulfide) groups is 1. The van der Waals surface area contributed by atoms with Gasteiger partial charge in [-0.3, -0.25) is 0 Å². The lowest BCUT2D eigenvalue weighted by molar-refractivity contribution is -0.143. The van der Waals surface area contributed by atoms with Gasteiger partial charge < -0.3 is 14.4 Å². The molecule has 8 nitrogen and oxygen atoms in total. The number of hydrogen-bond donors (Lipinski definition) is 0. The zero-order valence-electron chi connectivity index (χ0n) is 19.5. The lowest BCUT2D eigenvalue weighted by Crippen LogP contribution is -2.31. The quantitative estimate of drug-likeness (QED) is 0.273. The summed E-state index contributed by atoms with van der Waals surface area (Å²) in [6.45, 7) is 1.07. The van der Waals surface area contributed by atoms with Crippen molar-refractivity contribution in [3.63, 3.8) is 0 Å². The van der Waals surface area contributed by atoms with Crippen molar-refractivity contribution < 1.29 is 14.3 Å². The van der Waals surface area contributed by atoms with E-state index >= 15 is 0 Å². The molecule has 0 N–H and O–H groups in total. The number of carbonyl (C=O) groups excluding carboxylic acids is 1. The number of carbonyl (C=O) groups is 1. The largest absolute Gasteiger partial charge is 0.466 e. The maximum atomic E-state index is 11.7. The number of rotatable bonds is 8. The van der Waals surface area contributed by atoms with Crippen LogP contribution in [0.25, 0.3) is 10.6 Å². The van der Waals surface area contributed by atoms with Crippen molar-refractivity contribution in [2.45, 2.75) is 30.0 Å². The van der Waals surface area contributed by atoms with Gasteiger partial charge in [0, 0.05) is 34.8 Å². The monoisotopic (exact) mass is 539 g/mol. The third-order valence-electron chi connectivity index (χ3n) is 5.55. The molecule has 0 aliphatic carbocycles. The number of thiazole rings is 1. The van der Waals surface area contributed by atoms with Crippen molar-refractivity contribution in [2.24, 2.45) is 0 Å². The van der Waals surface area contributed by atoms with Gasteiger partial charge in [0.1, 0.15) is 33.3 Å². The Bertz CT molecular complexity index is 1330. The lowest BCUT2D eigenvalue weighted by atomic mass is 10.1. The molecule has 3 aromatic rings. The van der Waals surface area contributed by atoms with Gasteiger partial charge >= 0.3 is 5.97 Å². The van der Waals surface area contributed by atoms with Crippen LogP contribution in [0.3, 0.4) is 0 Å². The molecule has 0 saturated carbocycles. The second-order valence-corrected chi connectivity index (χ2v) is 10.2. The highest BCUT2D eigenvalue weighted by Crippen LogP contribution is 2.39. The summed E-state index contributed by atoms with van der Waals surface area (Å²) in [5.74, 6) is -0.103. The van der Waals surface area contributed by atoms with E-state index in [4.69, 9.17) is 21.3 Å². The van der Waals surface area contributed by atoms with E-state index in [1.807, 2.05) is 34.5 Å². The Balaban J connectivity index is 1.66. The number of halogens is 1. The van der Waals surface area contributed by atoms with E-state index in [9.17, 15) is 15.3 Å². The molecular weight excluding hydrogens is 518 g/mol. The highest BCUT2D eigenvalue weighted by Gasteiger charge is 2.27. The van der Waals surface area contributed by atoms with E-state index in [2.05, 4.69) is 21.9 Å². The SMILES string of the molecule is COC(=O)COc1nc(SCc2csc(-c3ccc(Cl)cc3)n2)c(C#N)c(N2CCCCC2)c1C#N. The molecule has 0 radical (unpaired) electrons. The highest BCUT2D eigenvalue weighted by molar-refractivity contribution is 7.98. The Morgan fingerprint density at radius 3 is 2.53 bits per heavy atom. The molecule has 0 unspecified atom stereocenters. The van der Waals surface area contributed by atoms with E-state index in [1.54, 1.807) is 0 Å². The molecule has 1 fully saturated rings. The lowest BCUT2D eigenvalue weighted by Gasteiger charge is -2.31. The van der Waals surface area contributed by atoms with Crippen LogP contribution >= 0.6 is 34.7 Å². The number of esters is 1. The molecule has 184 valence electrons. The number of pyridine rings is 1. The van der Waals surface area contributed by atoms with Crippen molar-refractivity contribution in [1.82, 2.24) is 9.97 Å². The first-order chi connectivity index (χ1) is 17.5. The second-order valence-electron chi connectivity index (χ2n) is 7.90. The van der Waals surface area contributed by atoms with Crippen LogP contribution in [0.15, 0.2) is 34.7 Å². The molecule has 0 atom stereocenters. The van der Waals surface area contributed by atoms with Crippen LogP contribution in [-0.2, 0) is 15.3 Å². The summed E-state index contributed by atoms with van der Waals surface area (Å²) in [5.41, 5.74) is 2.80. The number of anilines is 1. The Morgan fingerprint density at radius 1 is 1.14 bits per heavy atom. The Kier molecular flexibility index (Phi) is 8.65. The van der Waals surface area contributed by atoms with Gasteiger partial charge in [-0.15, -0.1) is 11.3 Å². The summed E-state index contributed by atoms with van der Waals surface area (Å²) in [7, 11) is 1.26. The standard InChI is InChI=1S/C25H22ClN5O3S2/c1-33-21(32)13-34-23-19(11-27)22(31-9-3-2-4-10-31)20(12-28)25(30-23)36-15-18-14-35-24(29-18)16-5-7-17(26)8-6-16/h5-8,14H,2-4,9-10,13,15H2,1H3. The smallest absolute Gasteiger partial charge is 0.343 e. The molecule has 4 rings (SSSR count). The van der Waals surface area contributed by atoms with Gasteiger partial charge in [-0.25, -0.2) is 14.8 Å². The molecule has 36 heavy (non-hydrogen) atoms. The Hall–Kier alpha value is -3.31. The fourth-order valence-electron chi connectivity index (χ4n) is 3.80. The third kappa shape index (κ3) is 5.90. The fourth-order valence-corrected chi connectivity index (χ4v) is 5.73. The van der Waals surface area contributed by atoms with Crippen molar-refractivity contribution in [3.8, 4) is 28.6 Å². The normalized spacial score (nSPS) is 13.1. The number of piperidine rings is 1. The van der Waals surface area contributed by atoms with E-state index in [0.717, 1.165) is 48.6 Å². The molecule has 1 aliphatic heterocycles. The molecule has 0 amide bonds. The first kappa shape index (κ1) is 25.8. The number of benzene rings is 1. The molecule has 3 heterocycles. The van der Waals surface area contributed by atoms with Crippen molar-refractivity contribution in [1.29, 1.82) is 10.5 Å². The molecule has 0 spiro atoms. The zero-order valence-corrected chi connectivity index (χ0v) is 21.9. The molecule has 2 aromatic heterocycles. The van der Waals surface area contributed by atoms with Crippen molar-refractivity contribution in [2.75, 3.05) is 31.7 Å². The average molecular weight is 540 g/mol. The van der Waals surface area contributed by atoms with Crippen LogP contribution in [-0.4, -0.2) is 42.7 Å². The number of hydrogen-bond acceptors (Lipinski definition) is 10. The number of nitriles is 2.